The lowest BCUT2D eigenvalue weighted by Crippen LogP contribution is -2.08. The van der Waals surface area contributed by atoms with Crippen molar-refractivity contribution in [1.82, 2.24) is 4.98 Å². The van der Waals surface area contributed by atoms with Crippen LogP contribution in [0.2, 0.25) is 0 Å². The van der Waals surface area contributed by atoms with Crippen LogP contribution in [-0.2, 0) is 6.61 Å². The minimum atomic E-state index is -0.359. The molecule has 0 spiro atoms. The molecule has 0 fully saturated rings. The number of aromatic nitrogens is 1. The average molecular weight is 276 g/mol. The van der Waals surface area contributed by atoms with E-state index in [2.05, 4.69) is 10.3 Å². The molecule has 0 aliphatic carbocycles. The summed E-state index contributed by atoms with van der Waals surface area (Å²) in [6.07, 6.45) is 2.80. The Labute approximate surface area is 117 Å². The molecule has 1 atom stereocenters. The molecule has 1 unspecified atom stereocenters. The van der Waals surface area contributed by atoms with E-state index < -0.39 is 0 Å². The zero-order chi connectivity index (χ0) is 14.5. The lowest BCUT2D eigenvalue weighted by atomic mass is 10.1. The molecule has 1 aromatic heterocycles. The van der Waals surface area contributed by atoms with E-state index in [-0.39, 0.29) is 18.5 Å². The van der Waals surface area contributed by atoms with Gasteiger partial charge in [0.25, 0.3) is 0 Å². The van der Waals surface area contributed by atoms with E-state index in [1.807, 2.05) is 19.1 Å². The third kappa shape index (κ3) is 3.24. The molecule has 2 rings (SSSR count). The average Bonchev–Trinajstić information content (AvgIpc) is 2.47. The molecule has 0 bridgehead atoms. The zero-order valence-corrected chi connectivity index (χ0v) is 11.4. The summed E-state index contributed by atoms with van der Waals surface area (Å²) in [4.78, 5) is 3.83. The highest BCUT2D eigenvalue weighted by Crippen LogP contribution is 2.25. The molecule has 5 heteroatoms. The first kappa shape index (κ1) is 14.3. The third-order valence-electron chi connectivity index (χ3n) is 3.06. The van der Waals surface area contributed by atoms with Crippen molar-refractivity contribution >= 4 is 5.69 Å². The fourth-order valence-electron chi connectivity index (χ4n) is 1.99. The van der Waals surface area contributed by atoms with Crippen LogP contribution < -0.4 is 10.1 Å². The normalized spacial score (nSPS) is 12.0. The SMILES string of the molecule is COc1ccc(NC(C)c2cncc(F)c2)cc1CO. The van der Waals surface area contributed by atoms with Gasteiger partial charge >= 0.3 is 0 Å². The number of aliphatic hydroxyl groups excluding tert-OH is 1. The summed E-state index contributed by atoms with van der Waals surface area (Å²) in [5.41, 5.74) is 2.28. The van der Waals surface area contributed by atoms with Gasteiger partial charge in [-0.25, -0.2) is 4.39 Å². The molecule has 2 aromatic rings. The molecule has 20 heavy (non-hydrogen) atoms. The maximum absolute atomic E-state index is 13.1. The molecule has 0 saturated heterocycles. The second-order valence-electron chi connectivity index (χ2n) is 4.49. The summed E-state index contributed by atoms with van der Waals surface area (Å²) in [6, 6.07) is 6.78. The van der Waals surface area contributed by atoms with E-state index in [0.29, 0.717) is 11.3 Å². The number of methoxy groups -OCH3 is 1. The number of rotatable bonds is 5. The number of hydrogen-bond donors (Lipinski definition) is 2. The minimum Gasteiger partial charge on any atom is -0.496 e. The van der Waals surface area contributed by atoms with E-state index in [9.17, 15) is 9.50 Å². The van der Waals surface area contributed by atoms with Crippen molar-refractivity contribution in [3.63, 3.8) is 0 Å². The van der Waals surface area contributed by atoms with Gasteiger partial charge in [-0.05, 0) is 36.8 Å². The highest BCUT2D eigenvalue weighted by Gasteiger charge is 2.09. The summed E-state index contributed by atoms with van der Waals surface area (Å²) in [5.74, 6) is 0.278. The van der Waals surface area contributed by atoms with Crippen LogP contribution in [0.3, 0.4) is 0 Å². The fourth-order valence-corrected chi connectivity index (χ4v) is 1.99. The molecule has 2 N–H and O–H groups in total. The topological polar surface area (TPSA) is 54.4 Å². The van der Waals surface area contributed by atoms with Crippen LogP contribution in [0.15, 0.2) is 36.7 Å². The molecular formula is C15H17FN2O2. The van der Waals surface area contributed by atoms with Gasteiger partial charge in [-0.3, -0.25) is 4.98 Å². The molecular weight excluding hydrogens is 259 g/mol. The first-order valence-electron chi connectivity index (χ1n) is 6.28. The summed E-state index contributed by atoms with van der Waals surface area (Å²) in [7, 11) is 1.56. The van der Waals surface area contributed by atoms with Gasteiger partial charge in [-0.2, -0.15) is 0 Å². The Kier molecular flexibility index (Phi) is 4.53. The Morgan fingerprint density at radius 2 is 2.15 bits per heavy atom. The number of pyridine rings is 1. The van der Waals surface area contributed by atoms with Crippen LogP contribution >= 0.6 is 0 Å². The smallest absolute Gasteiger partial charge is 0.141 e. The molecule has 0 saturated carbocycles. The lowest BCUT2D eigenvalue weighted by molar-refractivity contribution is 0.274. The van der Waals surface area contributed by atoms with Crippen molar-refractivity contribution < 1.29 is 14.2 Å². The second-order valence-corrected chi connectivity index (χ2v) is 4.49. The molecule has 106 valence electrons. The van der Waals surface area contributed by atoms with E-state index >= 15 is 0 Å². The van der Waals surface area contributed by atoms with Crippen LogP contribution in [0.4, 0.5) is 10.1 Å². The maximum atomic E-state index is 13.1. The summed E-state index contributed by atoms with van der Waals surface area (Å²) >= 11 is 0. The summed E-state index contributed by atoms with van der Waals surface area (Å²) in [5, 5.41) is 12.5. The molecule has 4 nitrogen and oxygen atoms in total. The van der Waals surface area contributed by atoms with Crippen molar-refractivity contribution in [3.05, 3.63) is 53.6 Å². The Morgan fingerprint density at radius 3 is 2.80 bits per heavy atom. The fraction of sp³-hybridized carbons (Fsp3) is 0.267. The number of hydrogen-bond acceptors (Lipinski definition) is 4. The van der Waals surface area contributed by atoms with Crippen LogP contribution in [0, 0.1) is 5.82 Å². The number of halogens is 1. The van der Waals surface area contributed by atoms with Crippen molar-refractivity contribution in [2.24, 2.45) is 0 Å². The Balaban J connectivity index is 2.17. The van der Waals surface area contributed by atoms with E-state index in [1.54, 1.807) is 19.4 Å². The Morgan fingerprint density at radius 1 is 1.35 bits per heavy atom. The van der Waals surface area contributed by atoms with Gasteiger partial charge in [0.15, 0.2) is 0 Å². The number of anilines is 1. The molecule has 0 aliphatic rings. The van der Waals surface area contributed by atoms with Crippen molar-refractivity contribution in [2.75, 3.05) is 12.4 Å². The van der Waals surface area contributed by atoms with E-state index in [0.717, 1.165) is 11.3 Å². The third-order valence-corrected chi connectivity index (χ3v) is 3.06. The predicted octanol–water partition coefficient (Wildman–Crippen LogP) is 2.89. The standard InChI is InChI=1S/C15H17FN2O2/c1-10(11-5-13(16)8-17-7-11)18-14-3-4-15(20-2)12(6-14)9-19/h3-8,10,18-19H,9H2,1-2H3. The summed E-state index contributed by atoms with van der Waals surface area (Å²) < 4.78 is 18.3. The van der Waals surface area contributed by atoms with Gasteiger partial charge in [0.05, 0.1) is 26.0 Å². The quantitative estimate of drug-likeness (QED) is 0.881. The minimum absolute atomic E-state index is 0.0989. The van der Waals surface area contributed by atoms with Gasteiger partial charge in [0.2, 0.25) is 0 Å². The maximum Gasteiger partial charge on any atom is 0.141 e. The predicted molar refractivity (Wildman–Crippen MR) is 75.1 cm³/mol. The molecule has 0 amide bonds. The Bertz CT molecular complexity index is 590. The zero-order valence-electron chi connectivity index (χ0n) is 11.4. The van der Waals surface area contributed by atoms with Crippen LogP contribution in [0.5, 0.6) is 5.75 Å². The highest BCUT2D eigenvalue weighted by atomic mass is 19.1. The second kappa shape index (κ2) is 6.34. The van der Waals surface area contributed by atoms with Crippen molar-refractivity contribution in [1.29, 1.82) is 0 Å². The molecule has 1 aromatic carbocycles. The van der Waals surface area contributed by atoms with Gasteiger partial charge < -0.3 is 15.2 Å². The van der Waals surface area contributed by atoms with Crippen LogP contribution in [0.1, 0.15) is 24.1 Å². The van der Waals surface area contributed by atoms with E-state index in [4.69, 9.17) is 4.74 Å². The number of benzene rings is 1. The lowest BCUT2D eigenvalue weighted by Gasteiger charge is -2.17. The molecule has 0 aliphatic heterocycles. The highest BCUT2D eigenvalue weighted by molar-refractivity contribution is 5.52. The van der Waals surface area contributed by atoms with Crippen LogP contribution in [-0.4, -0.2) is 17.2 Å². The largest absolute Gasteiger partial charge is 0.496 e. The Hall–Kier alpha value is -2.14. The van der Waals surface area contributed by atoms with Gasteiger partial charge in [0.1, 0.15) is 11.6 Å². The molecule has 0 radical (unpaired) electrons. The van der Waals surface area contributed by atoms with Gasteiger partial charge in [-0.15, -0.1) is 0 Å². The number of ether oxygens (including phenoxy) is 1. The number of nitrogens with zero attached hydrogens (tertiary/aromatic N) is 1. The van der Waals surface area contributed by atoms with Crippen molar-refractivity contribution in [2.45, 2.75) is 19.6 Å². The van der Waals surface area contributed by atoms with E-state index in [1.165, 1.54) is 12.3 Å². The molecule has 1 heterocycles. The van der Waals surface area contributed by atoms with Crippen molar-refractivity contribution in [3.8, 4) is 5.75 Å². The summed E-state index contributed by atoms with van der Waals surface area (Å²) in [6.45, 7) is 1.81. The van der Waals surface area contributed by atoms with Gasteiger partial charge in [0, 0.05) is 17.4 Å². The first-order valence-corrected chi connectivity index (χ1v) is 6.28. The number of nitrogens with one attached hydrogen (secondary N) is 1. The van der Waals surface area contributed by atoms with Crippen LogP contribution in [0.25, 0.3) is 0 Å². The first-order chi connectivity index (χ1) is 9.63. The number of aliphatic hydroxyl groups is 1. The monoisotopic (exact) mass is 276 g/mol. The van der Waals surface area contributed by atoms with Gasteiger partial charge in [-0.1, -0.05) is 0 Å².